The van der Waals surface area contributed by atoms with E-state index in [4.69, 9.17) is 10.5 Å². The summed E-state index contributed by atoms with van der Waals surface area (Å²) < 4.78 is 8.71. The van der Waals surface area contributed by atoms with Gasteiger partial charge in [-0.2, -0.15) is 0 Å². The van der Waals surface area contributed by atoms with Gasteiger partial charge in [0.15, 0.2) is 0 Å². The first-order valence-corrected chi connectivity index (χ1v) is 14.3. The Morgan fingerprint density at radius 2 is 1.81 bits per heavy atom. The Labute approximate surface area is 221 Å². The molecule has 198 valence electrons. The van der Waals surface area contributed by atoms with E-state index in [2.05, 4.69) is 53.3 Å². The number of methoxy groups -OCH3 is 1. The molecule has 5 rings (SSSR count). The smallest absolute Gasteiger partial charge is 0.224 e. The van der Waals surface area contributed by atoms with Crippen LogP contribution in [-0.4, -0.2) is 23.6 Å². The molecule has 5 heteroatoms. The van der Waals surface area contributed by atoms with Gasteiger partial charge in [0, 0.05) is 52.8 Å². The third-order valence-electron chi connectivity index (χ3n) is 8.74. The maximum Gasteiger partial charge on any atom is 0.224 e. The lowest BCUT2D eigenvalue weighted by Gasteiger charge is -2.30. The lowest BCUT2D eigenvalue weighted by molar-refractivity contribution is -0.115. The molecule has 1 aromatic heterocycles. The summed E-state index contributed by atoms with van der Waals surface area (Å²) in [6, 6.07) is 11.2. The molecule has 2 fully saturated rings. The van der Waals surface area contributed by atoms with E-state index in [1.54, 1.807) is 7.11 Å². The van der Waals surface area contributed by atoms with Crippen molar-refractivity contribution in [1.29, 1.82) is 0 Å². The molecule has 0 bridgehead atoms. The van der Waals surface area contributed by atoms with Crippen LogP contribution in [0.4, 0.5) is 5.69 Å². The van der Waals surface area contributed by atoms with Gasteiger partial charge in [-0.15, -0.1) is 0 Å². The van der Waals surface area contributed by atoms with Gasteiger partial charge in [0.1, 0.15) is 5.75 Å². The molecule has 2 aliphatic rings. The van der Waals surface area contributed by atoms with E-state index in [0.717, 1.165) is 60.7 Å². The highest BCUT2D eigenvalue weighted by Gasteiger charge is 2.29. The number of benzene rings is 2. The van der Waals surface area contributed by atoms with Crippen molar-refractivity contribution in [3.63, 3.8) is 0 Å². The molecule has 3 N–H and O–H groups in total. The normalized spacial score (nSPS) is 20.8. The third kappa shape index (κ3) is 5.29. The van der Waals surface area contributed by atoms with Gasteiger partial charge in [-0.25, -0.2) is 0 Å². The van der Waals surface area contributed by atoms with Crippen molar-refractivity contribution in [3.8, 4) is 16.9 Å². The highest BCUT2D eigenvalue weighted by Crippen LogP contribution is 2.49. The number of hydrogen-bond donors (Lipinski definition) is 2. The van der Waals surface area contributed by atoms with E-state index in [-0.39, 0.29) is 5.91 Å². The van der Waals surface area contributed by atoms with Gasteiger partial charge < -0.3 is 20.4 Å². The minimum absolute atomic E-state index is 0.0186. The van der Waals surface area contributed by atoms with Crippen LogP contribution in [0.1, 0.15) is 88.2 Å². The van der Waals surface area contributed by atoms with Crippen LogP contribution in [0.3, 0.4) is 0 Å². The van der Waals surface area contributed by atoms with E-state index in [0.29, 0.717) is 18.4 Å². The maximum absolute atomic E-state index is 12.7. The number of carbonyl (C=O) groups excluding carboxylic acids is 1. The summed E-state index contributed by atoms with van der Waals surface area (Å²) in [4.78, 5) is 12.7. The zero-order chi connectivity index (χ0) is 25.9. The van der Waals surface area contributed by atoms with Crippen molar-refractivity contribution in [3.05, 3.63) is 47.7 Å². The average Bonchev–Trinajstić information content (AvgIpc) is 3.27. The predicted octanol–water partition coefficient (Wildman–Crippen LogP) is 7.54. The zero-order valence-electron chi connectivity index (χ0n) is 22.8. The van der Waals surface area contributed by atoms with Crippen molar-refractivity contribution in [1.82, 2.24) is 4.57 Å². The molecule has 0 spiro atoms. The SMILES string of the molecule is CCC(=O)Nc1cc(C)c(C2CCC(N)CC2)c(OC)c1-c1cn(CC2CCCCC2)c2ccccc12. The number of rotatable bonds is 7. The number of nitrogens with one attached hydrogen (secondary N) is 1. The molecule has 1 heterocycles. The Bertz CT molecular complexity index is 1250. The molecule has 2 aliphatic carbocycles. The van der Waals surface area contributed by atoms with Gasteiger partial charge in [-0.3, -0.25) is 4.79 Å². The minimum Gasteiger partial charge on any atom is -0.496 e. The van der Waals surface area contributed by atoms with Gasteiger partial charge in [0.25, 0.3) is 0 Å². The summed E-state index contributed by atoms with van der Waals surface area (Å²) in [6.07, 6.45) is 13.6. The molecule has 0 radical (unpaired) electrons. The van der Waals surface area contributed by atoms with Crippen molar-refractivity contribution in [2.24, 2.45) is 11.7 Å². The maximum atomic E-state index is 12.7. The molecule has 1 amide bonds. The molecular weight excluding hydrogens is 458 g/mol. The molecule has 5 nitrogen and oxygen atoms in total. The molecule has 37 heavy (non-hydrogen) atoms. The second-order valence-corrected chi connectivity index (χ2v) is 11.3. The topological polar surface area (TPSA) is 69.3 Å². The number of aromatic nitrogens is 1. The number of aryl methyl sites for hydroxylation is 1. The van der Waals surface area contributed by atoms with Gasteiger partial charge in [0.05, 0.1) is 12.8 Å². The fourth-order valence-electron chi connectivity index (χ4n) is 6.78. The van der Waals surface area contributed by atoms with Crippen LogP contribution in [0.25, 0.3) is 22.0 Å². The molecular formula is C32H43N3O2. The summed E-state index contributed by atoms with van der Waals surface area (Å²) in [7, 11) is 1.78. The van der Waals surface area contributed by atoms with E-state index >= 15 is 0 Å². The standard InChI is InChI=1S/C32H43N3O2/c1-4-29(36)34-27-18-21(2)30(23-14-16-24(33)17-15-23)32(37-3)31(27)26-20-35(19-22-10-6-5-7-11-22)28-13-9-8-12-25(26)28/h8-9,12-13,18,20,22-24H,4-7,10-11,14-17,19,33H2,1-3H3,(H,34,36). The van der Waals surface area contributed by atoms with Gasteiger partial charge in [0.2, 0.25) is 5.91 Å². The number of anilines is 1. The highest BCUT2D eigenvalue weighted by atomic mass is 16.5. The molecule has 3 aromatic rings. The first kappa shape index (κ1) is 25.8. The Morgan fingerprint density at radius 3 is 2.51 bits per heavy atom. The second-order valence-electron chi connectivity index (χ2n) is 11.3. The third-order valence-corrected chi connectivity index (χ3v) is 8.74. The Kier molecular flexibility index (Phi) is 7.89. The number of hydrogen-bond acceptors (Lipinski definition) is 3. The van der Waals surface area contributed by atoms with Crippen LogP contribution in [0.5, 0.6) is 5.75 Å². The first-order chi connectivity index (χ1) is 18.0. The molecule has 0 saturated heterocycles. The number of nitrogens with zero attached hydrogens (tertiary/aromatic N) is 1. The number of ether oxygens (including phenoxy) is 1. The number of para-hydroxylation sites is 1. The molecule has 2 saturated carbocycles. The molecule has 0 atom stereocenters. The molecule has 2 aromatic carbocycles. The van der Waals surface area contributed by atoms with Crippen LogP contribution in [0, 0.1) is 12.8 Å². The van der Waals surface area contributed by atoms with Crippen LogP contribution in [0.15, 0.2) is 36.5 Å². The summed E-state index contributed by atoms with van der Waals surface area (Å²) in [5.74, 6) is 2.07. The summed E-state index contributed by atoms with van der Waals surface area (Å²) in [6.45, 7) is 5.09. The monoisotopic (exact) mass is 501 g/mol. The predicted molar refractivity (Wildman–Crippen MR) is 153 cm³/mol. The van der Waals surface area contributed by atoms with Crippen LogP contribution in [-0.2, 0) is 11.3 Å². The van der Waals surface area contributed by atoms with Crippen molar-refractivity contribution in [2.75, 3.05) is 12.4 Å². The number of fused-ring (bicyclic) bond motifs is 1. The average molecular weight is 502 g/mol. The minimum atomic E-state index is 0.0186. The molecule has 0 aliphatic heterocycles. The number of amides is 1. The number of nitrogens with two attached hydrogens (primary N) is 1. The largest absolute Gasteiger partial charge is 0.496 e. The fourth-order valence-corrected chi connectivity index (χ4v) is 6.78. The summed E-state index contributed by atoms with van der Waals surface area (Å²) >= 11 is 0. The van der Waals surface area contributed by atoms with Crippen molar-refractivity contribution < 1.29 is 9.53 Å². The van der Waals surface area contributed by atoms with Crippen molar-refractivity contribution in [2.45, 2.75) is 96.6 Å². The Hall–Kier alpha value is -2.79. The quantitative estimate of drug-likeness (QED) is 0.351. The van der Waals surface area contributed by atoms with Crippen LogP contribution < -0.4 is 15.8 Å². The van der Waals surface area contributed by atoms with Crippen LogP contribution >= 0.6 is 0 Å². The van der Waals surface area contributed by atoms with E-state index in [1.165, 1.54) is 54.1 Å². The second kappa shape index (κ2) is 11.3. The summed E-state index contributed by atoms with van der Waals surface area (Å²) in [5.41, 5.74) is 13.0. The lowest BCUT2D eigenvalue weighted by Crippen LogP contribution is -2.26. The Balaban J connectivity index is 1.68. The first-order valence-electron chi connectivity index (χ1n) is 14.3. The Morgan fingerprint density at radius 1 is 1.08 bits per heavy atom. The van der Waals surface area contributed by atoms with Gasteiger partial charge >= 0.3 is 0 Å². The van der Waals surface area contributed by atoms with Crippen molar-refractivity contribution >= 4 is 22.5 Å². The van der Waals surface area contributed by atoms with Gasteiger partial charge in [-0.1, -0.05) is 44.4 Å². The lowest BCUT2D eigenvalue weighted by atomic mass is 9.78. The van der Waals surface area contributed by atoms with E-state index in [1.807, 2.05) is 6.92 Å². The summed E-state index contributed by atoms with van der Waals surface area (Å²) in [5, 5.41) is 4.43. The fraction of sp³-hybridized carbons (Fsp3) is 0.531. The molecule has 0 unspecified atom stereocenters. The highest BCUT2D eigenvalue weighted by molar-refractivity contribution is 6.05. The van der Waals surface area contributed by atoms with Gasteiger partial charge in [-0.05, 0) is 75.0 Å². The number of carbonyl (C=O) groups is 1. The zero-order valence-corrected chi connectivity index (χ0v) is 22.8. The van der Waals surface area contributed by atoms with E-state index < -0.39 is 0 Å². The van der Waals surface area contributed by atoms with Crippen LogP contribution in [0.2, 0.25) is 0 Å². The van der Waals surface area contributed by atoms with E-state index in [9.17, 15) is 4.79 Å².